The van der Waals surface area contributed by atoms with Crippen molar-refractivity contribution in [2.45, 2.75) is 18.9 Å². The van der Waals surface area contributed by atoms with E-state index in [1.165, 1.54) is 12.1 Å². The number of rotatable bonds is 4. The van der Waals surface area contributed by atoms with E-state index >= 15 is 0 Å². The summed E-state index contributed by atoms with van der Waals surface area (Å²) in [5.74, 6) is 0.0227. The smallest absolute Gasteiger partial charge is 0.254 e. The number of aromatic nitrogens is 3. The zero-order chi connectivity index (χ0) is 23.4. The predicted octanol–water partition coefficient (Wildman–Crippen LogP) is 3.47. The second kappa shape index (κ2) is 7.65. The van der Waals surface area contributed by atoms with Gasteiger partial charge in [0, 0.05) is 44.2 Å². The van der Waals surface area contributed by atoms with E-state index in [0.717, 1.165) is 35.3 Å². The van der Waals surface area contributed by atoms with Crippen molar-refractivity contribution in [3.05, 3.63) is 77.5 Å². The summed E-state index contributed by atoms with van der Waals surface area (Å²) in [7, 11) is 1.81. The van der Waals surface area contributed by atoms with Crippen LogP contribution >= 0.6 is 0 Å². The first-order valence-electron chi connectivity index (χ1n) is 11.0. The van der Waals surface area contributed by atoms with E-state index in [9.17, 15) is 14.0 Å². The van der Waals surface area contributed by atoms with Crippen LogP contribution in [0.3, 0.4) is 0 Å². The van der Waals surface area contributed by atoms with Gasteiger partial charge in [-0.25, -0.2) is 14.4 Å². The van der Waals surface area contributed by atoms with Crippen molar-refractivity contribution in [3.63, 3.8) is 0 Å². The molecule has 3 aromatic heterocycles. The van der Waals surface area contributed by atoms with Crippen molar-refractivity contribution in [1.29, 1.82) is 0 Å². The van der Waals surface area contributed by atoms with Crippen molar-refractivity contribution >= 4 is 29.0 Å². The molecule has 6 rings (SSSR count). The molecule has 0 aliphatic carbocycles. The van der Waals surface area contributed by atoms with E-state index in [0.29, 0.717) is 29.3 Å². The van der Waals surface area contributed by atoms with Gasteiger partial charge < -0.3 is 15.5 Å². The summed E-state index contributed by atoms with van der Waals surface area (Å²) in [5.41, 5.74) is 5.06. The van der Waals surface area contributed by atoms with Gasteiger partial charge >= 0.3 is 0 Å². The number of anilines is 2. The number of nitrogens with one attached hydrogen (secondary N) is 2. The molecule has 2 aliphatic rings. The number of nitrogens with zero attached hydrogens (tertiary/aromatic N) is 4. The third kappa shape index (κ3) is 3.20. The van der Waals surface area contributed by atoms with E-state index in [4.69, 9.17) is 0 Å². The molecule has 170 valence electrons. The van der Waals surface area contributed by atoms with Crippen LogP contribution in [0, 0.1) is 5.82 Å². The van der Waals surface area contributed by atoms with Gasteiger partial charge in [-0.1, -0.05) is 12.1 Å². The lowest BCUT2D eigenvalue weighted by Gasteiger charge is -2.14. The number of benzene rings is 1. The summed E-state index contributed by atoms with van der Waals surface area (Å²) in [6.07, 6.45) is 5.82. The van der Waals surface area contributed by atoms with Crippen molar-refractivity contribution in [1.82, 2.24) is 24.6 Å². The molecule has 0 spiro atoms. The molecule has 4 aromatic rings. The van der Waals surface area contributed by atoms with Gasteiger partial charge in [0.15, 0.2) is 0 Å². The summed E-state index contributed by atoms with van der Waals surface area (Å²) in [6.45, 7) is 1.13. The number of carbonyl (C=O) groups excluding carboxylic acids is 2. The third-order valence-electron chi connectivity index (χ3n) is 6.60. The molecule has 0 saturated carbocycles. The van der Waals surface area contributed by atoms with Crippen LogP contribution in [-0.2, 0) is 11.3 Å². The molecule has 9 heteroatoms. The second-order valence-corrected chi connectivity index (χ2v) is 8.62. The molecule has 2 amide bonds. The van der Waals surface area contributed by atoms with Crippen molar-refractivity contribution in [2.75, 3.05) is 18.9 Å². The van der Waals surface area contributed by atoms with Crippen molar-refractivity contribution in [3.8, 4) is 11.3 Å². The molecular weight excluding hydrogens is 435 g/mol. The van der Waals surface area contributed by atoms with Crippen molar-refractivity contribution in [2.24, 2.45) is 0 Å². The van der Waals surface area contributed by atoms with E-state index in [1.807, 2.05) is 31.3 Å². The largest absolute Gasteiger partial charge is 0.348 e. The topological polar surface area (TPSA) is 91.6 Å². The average molecular weight is 456 g/mol. The fourth-order valence-corrected chi connectivity index (χ4v) is 4.80. The van der Waals surface area contributed by atoms with E-state index in [2.05, 4.69) is 20.6 Å². The standard InChI is InChI=1S/C25H21FN6O2/c1-31-8-7-16(25(31)34)14-2-5-21(27-11-14)30-19-4-3-17(18-12-29-24(33)23(18)19)20-13-28-22-10-15(26)6-9-32(20)22/h2-6,9-11,13,16H,7-8,12H2,1H3,(H,27,30)(H,29,33). The second-order valence-electron chi connectivity index (χ2n) is 8.62. The minimum Gasteiger partial charge on any atom is -0.348 e. The lowest BCUT2D eigenvalue weighted by molar-refractivity contribution is -0.127. The molecule has 8 nitrogen and oxygen atoms in total. The van der Waals surface area contributed by atoms with Crippen LogP contribution in [0.1, 0.15) is 33.8 Å². The predicted molar refractivity (Wildman–Crippen MR) is 124 cm³/mol. The van der Waals surface area contributed by atoms with Crippen LogP contribution in [0.15, 0.2) is 55.0 Å². The van der Waals surface area contributed by atoms with Gasteiger partial charge in [-0.05, 0) is 35.7 Å². The van der Waals surface area contributed by atoms with E-state index in [1.54, 1.807) is 27.9 Å². The lowest BCUT2D eigenvalue weighted by atomic mass is 9.98. The van der Waals surface area contributed by atoms with Gasteiger partial charge in [0.2, 0.25) is 5.91 Å². The summed E-state index contributed by atoms with van der Waals surface area (Å²) in [5, 5.41) is 6.15. The highest BCUT2D eigenvalue weighted by molar-refractivity contribution is 6.06. The molecule has 1 unspecified atom stereocenters. The molecule has 34 heavy (non-hydrogen) atoms. The fraction of sp³-hybridized carbons (Fsp3) is 0.200. The minimum absolute atomic E-state index is 0.114. The maximum absolute atomic E-state index is 13.6. The monoisotopic (exact) mass is 456 g/mol. The number of hydrogen-bond donors (Lipinski definition) is 2. The molecule has 0 bridgehead atoms. The normalized spacial score (nSPS) is 17.4. The Morgan fingerprint density at radius 1 is 1.12 bits per heavy atom. The Labute approximate surface area is 194 Å². The van der Waals surface area contributed by atoms with Crippen LogP contribution in [0.5, 0.6) is 0 Å². The highest BCUT2D eigenvalue weighted by Gasteiger charge is 2.31. The lowest BCUT2D eigenvalue weighted by Crippen LogP contribution is -2.21. The summed E-state index contributed by atoms with van der Waals surface area (Å²) < 4.78 is 15.4. The maximum Gasteiger partial charge on any atom is 0.254 e. The molecule has 0 radical (unpaired) electrons. The minimum atomic E-state index is -0.353. The number of pyridine rings is 2. The Kier molecular flexibility index (Phi) is 4.58. The zero-order valence-corrected chi connectivity index (χ0v) is 18.4. The van der Waals surface area contributed by atoms with Gasteiger partial charge in [0.05, 0.1) is 29.1 Å². The van der Waals surface area contributed by atoms with E-state index in [-0.39, 0.29) is 23.5 Å². The first kappa shape index (κ1) is 20.3. The highest BCUT2D eigenvalue weighted by Crippen LogP contribution is 2.35. The molecular formula is C25H21FN6O2. The molecule has 1 atom stereocenters. The highest BCUT2D eigenvalue weighted by atomic mass is 19.1. The Hall–Kier alpha value is -4.27. The van der Waals surface area contributed by atoms with Crippen LogP contribution in [0.25, 0.3) is 16.9 Å². The Balaban J connectivity index is 1.33. The van der Waals surface area contributed by atoms with Gasteiger partial charge in [-0.15, -0.1) is 0 Å². The first-order valence-corrected chi connectivity index (χ1v) is 11.0. The van der Waals surface area contributed by atoms with Crippen LogP contribution in [0.2, 0.25) is 0 Å². The number of carbonyl (C=O) groups is 2. The third-order valence-corrected chi connectivity index (χ3v) is 6.60. The van der Waals surface area contributed by atoms with Gasteiger partial charge in [0.1, 0.15) is 17.3 Å². The summed E-state index contributed by atoms with van der Waals surface area (Å²) in [6, 6.07) is 10.2. The average Bonchev–Trinajstić information content (AvgIpc) is 3.53. The number of likely N-dealkylation sites (tertiary alicyclic amines) is 1. The molecule has 2 N–H and O–H groups in total. The molecule has 1 saturated heterocycles. The summed E-state index contributed by atoms with van der Waals surface area (Å²) in [4.78, 5) is 35.5. The number of amides is 2. The Bertz CT molecular complexity index is 1460. The van der Waals surface area contributed by atoms with Crippen molar-refractivity contribution < 1.29 is 14.0 Å². The van der Waals surface area contributed by atoms with Crippen LogP contribution in [-0.4, -0.2) is 44.7 Å². The number of likely N-dealkylation sites (N-methyl/N-ethyl adjacent to an activating group) is 1. The zero-order valence-electron chi connectivity index (χ0n) is 18.4. The first-order chi connectivity index (χ1) is 16.5. The molecule has 1 fully saturated rings. The van der Waals surface area contributed by atoms with Gasteiger partial charge in [-0.3, -0.25) is 14.0 Å². The quantitative estimate of drug-likeness (QED) is 0.491. The molecule has 2 aliphatic heterocycles. The number of hydrogen-bond acceptors (Lipinski definition) is 5. The van der Waals surface area contributed by atoms with Gasteiger partial charge in [-0.2, -0.15) is 0 Å². The van der Waals surface area contributed by atoms with Crippen LogP contribution < -0.4 is 10.6 Å². The van der Waals surface area contributed by atoms with E-state index < -0.39 is 0 Å². The SMILES string of the molecule is CN1CCC(c2ccc(Nc3ccc(-c4cnc5cc(F)ccn45)c4c3C(=O)NC4)nc2)C1=O. The molecule has 5 heterocycles. The van der Waals surface area contributed by atoms with Crippen LogP contribution in [0.4, 0.5) is 15.9 Å². The Morgan fingerprint density at radius 2 is 2.00 bits per heavy atom. The van der Waals surface area contributed by atoms with Gasteiger partial charge in [0.25, 0.3) is 5.91 Å². The Morgan fingerprint density at radius 3 is 2.76 bits per heavy atom. The number of fused-ring (bicyclic) bond motifs is 2. The summed E-state index contributed by atoms with van der Waals surface area (Å²) >= 11 is 0. The number of imidazole rings is 1. The molecule has 1 aromatic carbocycles. The number of halogens is 1. The fourth-order valence-electron chi connectivity index (χ4n) is 4.80. The maximum atomic E-state index is 13.6.